The summed E-state index contributed by atoms with van der Waals surface area (Å²) in [6.07, 6.45) is 0.615. The van der Waals surface area contributed by atoms with Crippen molar-refractivity contribution in [2.75, 3.05) is 5.32 Å². The van der Waals surface area contributed by atoms with Gasteiger partial charge in [-0.3, -0.25) is 4.79 Å². The third-order valence-electron chi connectivity index (χ3n) is 3.24. The fourth-order valence-corrected chi connectivity index (χ4v) is 3.08. The molecule has 0 bridgehead atoms. The molecular weight excluding hydrogens is 316 g/mol. The van der Waals surface area contributed by atoms with Crippen LogP contribution >= 0.6 is 23.4 Å². The minimum absolute atomic E-state index is 0.160. The van der Waals surface area contributed by atoms with Crippen LogP contribution in [-0.4, -0.2) is 11.9 Å². The average Bonchev–Trinajstić information content (AvgIpc) is 2.49. The highest BCUT2D eigenvalue weighted by Crippen LogP contribution is 2.32. The predicted octanol–water partition coefficient (Wildman–Crippen LogP) is 4.48. The molecule has 2 aromatic carbocycles. The van der Waals surface area contributed by atoms with E-state index in [1.807, 2.05) is 56.3 Å². The Kier molecular flexibility index (Phi) is 5.89. The molecule has 0 aliphatic heterocycles. The van der Waals surface area contributed by atoms with Crippen molar-refractivity contribution in [3.63, 3.8) is 0 Å². The fraction of sp³-hybridized carbons (Fsp3) is 0.235. The molecule has 3 nitrogen and oxygen atoms in total. The van der Waals surface area contributed by atoms with Crippen LogP contribution in [0.4, 0.5) is 5.69 Å². The number of hydrogen-bond acceptors (Lipinski definition) is 3. The topological polar surface area (TPSA) is 55.1 Å². The molecule has 0 saturated carbocycles. The van der Waals surface area contributed by atoms with Crippen LogP contribution in [-0.2, 0) is 4.79 Å². The van der Waals surface area contributed by atoms with Crippen molar-refractivity contribution in [1.29, 1.82) is 0 Å². The standard InChI is InChI=1S/C17H19ClN2OS/c1-3-15(19)17(21)20-13-5-4-6-14(10-13)22-16-8-7-12(18)9-11(16)2/h4-10,15H,3,19H2,1-2H3,(H,20,21). The molecule has 1 unspecified atom stereocenters. The predicted molar refractivity (Wildman–Crippen MR) is 93.7 cm³/mol. The van der Waals surface area contributed by atoms with Crippen LogP contribution < -0.4 is 11.1 Å². The largest absolute Gasteiger partial charge is 0.325 e. The zero-order chi connectivity index (χ0) is 16.1. The lowest BCUT2D eigenvalue weighted by atomic mass is 10.2. The van der Waals surface area contributed by atoms with Crippen LogP contribution in [0.3, 0.4) is 0 Å². The molecule has 116 valence electrons. The van der Waals surface area contributed by atoms with E-state index in [9.17, 15) is 4.79 Å². The number of halogens is 1. The molecule has 1 atom stereocenters. The summed E-state index contributed by atoms with van der Waals surface area (Å²) in [6, 6.07) is 13.1. The van der Waals surface area contributed by atoms with E-state index in [-0.39, 0.29) is 5.91 Å². The van der Waals surface area contributed by atoms with Gasteiger partial charge in [0.05, 0.1) is 6.04 Å². The SMILES string of the molecule is CCC(N)C(=O)Nc1cccc(Sc2ccc(Cl)cc2C)c1. The first-order valence-corrected chi connectivity index (χ1v) is 8.29. The van der Waals surface area contributed by atoms with Crippen LogP contribution in [0, 0.1) is 6.92 Å². The number of benzene rings is 2. The van der Waals surface area contributed by atoms with E-state index in [4.69, 9.17) is 17.3 Å². The Bertz CT molecular complexity index is 675. The van der Waals surface area contributed by atoms with Crippen molar-refractivity contribution >= 4 is 35.0 Å². The number of hydrogen-bond donors (Lipinski definition) is 2. The van der Waals surface area contributed by atoms with Gasteiger partial charge in [0.1, 0.15) is 0 Å². The molecule has 0 aliphatic rings. The van der Waals surface area contributed by atoms with Crippen molar-refractivity contribution in [2.24, 2.45) is 5.73 Å². The quantitative estimate of drug-likeness (QED) is 0.847. The minimum Gasteiger partial charge on any atom is -0.325 e. The number of aryl methyl sites for hydroxylation is 1. The third-order valence-corrected chi connectivity index (χ3v) is 4.65. The van der Waals surface area contributed by atoms with E-state index in [0.717, 1.165) is 26.1 Å². The first-order chi connectivity index (χ1) is 10.5. The van der Waals surface area contributed by atoms with E-state index in [1.54, 1.807) is 11.8 Å². The molecule has 0 aromatic heterocycles. The second kappa shape index (κ2) is 7.68. The normalized spacial score (nSPS) is 12.0. The van der Waals surface area contributed by atoms with Gasteiger partial charge in [-0.15, -0.1) is 0 Å². The van der Waals surface area contributed by atoms with Gasteiger partial charge in [-0.05, 0) is 55.3 Å². The van der Waals surface area contributed by atoms with Crippen molar-refractivity contribution in [2.45, 2.75) is 36.1 Å². The fourth-order valence-electron chi connectivity index (χ4n) is 1.91. The summed E-state index contributed by atoms with van der Waals surface area (Å²) in [5, 5.41) is 3.58. The van der Waals surface area contributed by atoms with Gasteiger partial charge in [0.15, 0.2) is 0 Å². The van der Waals surface area contributed by atoms with Crippen LogP contribution in [0.1, 0.15) is 18.9 Å². The second-order valence-electron chi connectivity index (χ2n) is 5.04. The molecule has 2 rings (SSSR count). The smallest absolute Gasteiger partial charge is 0.241 e. The first kappa shape index (κ1) is 16.9. The second-order valence-corrected chi connectivity index (χ2v) is 6.60. The van der Waals surface area contributed by atoms with Gasteiger partial charge < -0.3 is 11.1 Å². The summed E-state index contributed by atoms with van der Waals surface area (Å²) < 4.78 is 0. The van der Waals surface area contributed by atoms with Gasteiger partial charge in [-0.25, -0.2) is 0 Å². The summed E-state index contributed by atoms with van der Waals surface area (Å²) in [7, 11) is 0. The van der Waals surface area contributed by atoms with E-state index in [1.165, 1.54) is 0 Å². The Morgan fingerprint density at radius 2 is 2.09 bits per heavy atom. The zero-order valence-electron chi connectivity index (χ0n) is 12.6. The van der Waals surface area contributed by atoms with Gasteiger partial charge in [0.25, 0.3) is 0 Å². The van der Waals surface area contributed by atoms with Gasteiger partial charge >= 0.3 is 0 Å². The molecule has 2 aromatic rings. The molecule has 5 heteroatoms. The van der Waals surface area contributed by atoms with Crippen LogP contribution in [0.15, 0.2) is 52.3 Å². The van der Waals surface area contributed by atoms with Crippen LogP contribution in [0.2, 0.25) is 5.02 Å². The third kappa shape index (κ3) is 4.50. The monoisotopic (exact) mass is 334 g/mol. The van der Waals surface area contributed by atoms with E-state index in [2.05, 4.69) is 5.32 Å². The number of carbonyl (C=O) groups is 1. The zero-order valence-corrected chi connectivity index (χ0v) is 14.2. The average molecular weight is 335 g/mol. The summed E-state index contributed by atoms with van der Waals surface area (Å²) >= 11 is 7.61. The highest BCUT2D eigenvalue weighted by molar-refractivity contribution is 7.99. The molecule has 1 amide bonds. The summed E-state index contributed by atoms with van der Waals surface area (Å²) in [4.78, 5) is 14.0. The Balaban J connectivity index is 2.13. The molecule has 0 saturated heterocycles. The van der Waals surface area contributed by atoms with Crippen LogP contribution in [0.25, 0.3) is 0 Å². The molecule has 0 radical (unpaired) electrons. The number of rotatable bonds is 5. The number of carbonyl (C=O) groups excluding carboxylic acids is 1. The lowest BCUT2D eigenvalue weighted by Crippen LogP contribution is -2.34. The molecule has 0 heterocycles. The number of amides is 1. The molecule has 3 N–H and O–H groups in total. The number of anilines is 1. The highest BCUT2D eigenvalue weighted by atomic mass is 35.5. The lowest BCUT2D eigenvalue weighted by Gasteiger charge is -2.11. The Labute approximate surface area is 140 Å². The number of nitrogens with one attached hydrogen (secondary N) is 1. The van der Waals surface area contributed by atoms with Crippen LogP contribution in [0.5, 0.6) is 0 Å². The maximum Gasteiger partial charge on any atom is 0.241 e. The molecule has 0 aliphatic carbocycles. The van der Waals surface area contributed by atoms with Crippen molar-refractivity contribution in [3.05, 3.63) is 53.1 Å². The van der Waals surface area contributed by atoms with E-state index >= 15 is 0 Å². The molecule has 0 spiro atoms. The van der Waals surface area contributed by atoms with Gasteiger partial charge in [0.2, 0.25) is 5.91 Å². The summed E-state index contributed by atoms with van der Waals surface area (Å²) in [6.45, 7) is 3.92. The lowest BCUT2D eigenvalue weighted by molar-refractivity contribution is -0.117. The van der Waals surface area contributed by atoms with E-state index in [0.29, 0.717) is 6.42 Å². The maximum absolute atomic E-state index is 11.8. The molecular formula is C17H19ClN2OS. The van der Waals surface area contributed by atoms with Crippen molar-refractivity contribution in [1.82, 2.24) is 0 Å². The number of nitrogens with two attached hydrogens (primary N) is 1. The first-order valence-electron chi connectivity index (χ1n) is 7.10. The van der Waals surface area contributed by atoms with Crippen molar-refractivity contribution < 1.29 is 4.79 Å². The van der Waals surface area contributed by atoms with Gasteiger partial charge in [-0.2, -0.15) is 0 Å². The maximum atomic E-state index is 11.8. The minimum atomic E-state index is -0.477. The van der Waals surface area contributed by atoms with Gasteiger partial charge in [-0.1, -0.05) is 36.4 Å². The highest BCUT2D eigenvalue weighted by Gasteiger charge is 2.11. The Morgan fingerprint density at radius 1 is 1.32 bits per heavy atom. The Morgan fingerprint density at radius 3 is 2.77 bits per heavy atom. The Hall–Kier alpha value is -1.49. The van der Waals surface area contributed by atoms with E-state index < -0.39 is 6.04 Å². The molecule has 22 heavy (non-hydrogen) atoms. The summed E-state index contributed by atoms with van der Waals surface area (Å²) in [5.41, 5.74) is 7.61. The molecule has 0 fully saturated rings. The van der Waals surface area contributed by atoms with Gasteiger partial charge in [0, 0.05) is 20.5 Å². The summed E-state index contributed by atoms with van der Waals surface area (Å²) in [5.74, 6) is -0.160. The van der Waals surface area contributed by atoms with Crippen molar-refractivity contribution in [3.8, 4) is 0 Å².